The Morgan fingerprint density at radius 3 is 2.27 bits per heavy atom. The Balaban J connectivity index is 1.60. The molecule has 0 unspecified atom stereocenters. The standard InChI is InChI=1S/C23H19F2NO3S/c24-23(25)29-18-12-10-17(11-13-18)20(27)15-30-21-9-5-4-8-19(21)22(28)26-14-16-6-2-1-3-7-16/h1-13,23H,14-15H2,(H,26,28). The lowest BCUT2D eigenvalue weighted by molar-refractivity contribution is -0.0498. The third kappa shape index (κ3) is 6.15. The number of ketones is 1. The smallest absolute Gasteiger partial charge is 0.387 e. The van der Waals surface area contributed by atoms with Crippen LogP contribution in [0.2, 0.25) is 0 Å². The normalized spacial score (nSPS) is 10.6. The first-order chi connectivity index (χ1) is 14.5. The van der Waals surface area contributed by atoms with Crippen molar-refractivity contribution in [2.45, 2.75) is 18.1 Å². The summed E-state index contributed by atoms with van der Waals surface area (Å²) in [4.78, 5) is 25.7. The van der Waals surface area contributed by atoms with E-state index in [1.165, 1.54) is 36.0 Å². The Hall–Kier alpha value is -3.19. The van der Waals surface area contributed by atoms with E-state index in [9.17, 15) is 18.4 Å². The van der Waals surface area contributed by atoms with E-state index in [0.29, 0.717) is 22.6 Å². The van der Waals surface area contributed by atoms with Gasteiger partial charge in [0.05, 0.1) is 11.3 Å². The second-order valence-electron chi connectivity index (χ2n) is 6.28. The van der Waals surface area contributed by atoms with E-state index in [1.54, 1.807) is 24.3 Å². The van der Waals surface area contributed by atoms with Crippen LogP contribution in [0.3, 0.4) is 0 Å². The zero-order valence-corrected chi connectivity index (χ0v) is 16.7. The molecule has 3 rings (SSSR count). The maximum Gasteiger partial charge on any atom is 0.387 e. The van der Waals surface area contributed by atoms with Crippen LogP contribution in [0.5, 0.6) is 5.75 Å². The van der Waals surface area contributed by atoms with Crippen molar-refractivity contribution < 1.29 is 23.1 Å². The molecule has 4 nitrogen and oxygen atoms in total. The van der Waals surface area contributed by atoms with Gasteiger partial charge >= 0.3 is 6.61 Å². The van der Waals surface area contributed by atoms with Crippen LogP contribution in [-0.4, -0.2) is 24.1 Å². The monoisotopic (exact) mass is 427 g/mol. The number of amides is 1. The van der Waals surface area contributed by atoms with Gasteiger partial charge in [-0.15, -0.1) is 11.8 Å². The Kier molecular flexibility index (Phi) is 7.57. The van der Waals surface area contributed by atoms with Crippen molar-refractivity contribution in [3.05, 3.63) is 95.6 Å². The highest BCUT2D eigenvalue weighted by Crippen LogP contribution is 2.24. The van der Waals surface area contributed by atoms with Gasteiger partial charge in [-0.2, -0.15) is 8.78 Å². The maximum absolute atomic E-state index is 12.6. The van der Waals surface area contributed by atoms with E-state index in [2.05, 4.69) is 10.1 Å². The maximum atomic E-state index is 12.6. The molecule has 0 saturated carbocycles. The number of hydrogen-bond donors (Lipinski definition) is 1. The molecule has 0 aromatic heterocycles. The van der Waals surface area contributed by atoms with Gasteiger partial charge in [-0.1, -0.05) is 42.5 Å². The van der Waals surface area contributed by atoms with E-state index in [1.807, 2.05) is 30.3 Å². The summed E-state index contributed by atoms with van der Waals surface area (Å²) in [5.41, 5.74) is 1.87. The van der Waals surface area contributed by atoms with Gasteiger partial charge in [0.2, 0.25) is 0 Å². The molecule has 0 aliphatic rings. The van der Waals surface area contributed by atoms with Crippen LogP contribution in [0.15, 0.2) is 83.8 Å². The van der Waals surface area contributed by atoms with Gasteiger partial charge < -0.3 is 10.1 Å². The fraction of sp³-hybridized carbons (Fsp3) is 0.130. The number of Topliss-reactive ketones (excluding diaryl/α,β-unsaturated/α-hetero) is 1. The van der Waals surface area contributed by atoms with E-state index < -0.39 is 6.61 Å². The van der Waals surface area contributed by atoms with Crippen LogP contribution >= 0.6 is 11.8 Å². The summed E-state index contributed by atoms with van der Waals surface area (Å²) in [6, 6.07) is 22.2. The Morgan fingerprint density at radius 2 is 1.57 bits per heavy atom. The molecule has 7 heteroatoms. The topological polar surface area (TPSA) is 55.4 Å². The molecule has 154 valence electrons. The molecule has 0 aliphatic heterocycles. The van der Waals surface area contributed by atoms with Crippen molar-refractivity contribution in [2.24, 2.45) is 0 Å². The highest BCUT2D eigenvalue weighted by Gasteiger charge is 2.14. The van der Waals surface area contributed by atoms with Gasteiger partial charge in [-0.3, -0.25) is 9.59 Å². The fourth-order valence-corrected chi connectivity index (χ4v) is 3.65. The Morgan fingerprint density at radius 1 is 0.900 bits per heavy atom. The summed E-state index contributed by atoms with van der Waals surface area (Å²) >= 11 is 1.25. The number of benzene rings is 3. The molecule has 3 aromatic rings. The van der Waals surface area contributed by atoms with Crippen molar-refractivity contribution in [1.29, 1.82) is 0 Å². The summed E-state index contributed by atoms with van der Waals surface area (Å²) < 4.78 is 28.7. The zero-order valence-electron chi connectivity index (χ0n) is 15.9. The minimum Gasteiger partial charge on any atom is -0.435 e. The third-order valence-corrected chi connectivity index (χ3v) is 5.26. The van der Waals surface area contributed by atoms with Crippen molar-refractivity contribution in [3.8, 4) is 5.75 Å². The quantitative estimate of drug-likeness (QED) is 0.377. The van der Waals surface area contributed by atoms with Gasteiger partial charge in [0.1, 0.15) is 5.75 Å². The second-order valence-corrected chi connectivity index (χ2v) is 7.30. The number of nitrogens with one attached hydrogen (secondary N) is 1. The van der Waals surface area contributed by atoms with Gasteiger partial charge in [-0.25, -0.2) is 0 Å². The van der Waals surface area contributed by atoms with Crippen LogP contribution in [0, 0.1) is 0 Å². The number of hydrogen-bond acceptors (Lipinski definition) is 4. The lowest BCUT2D eigenvalue weighted by Gasteiger charge is -2.10. The number of carbonyl (C=O) groups excluding carboxylic acids is 2. The Bertz CT molecular complexity index is 995. The lowest BCUT2D eigenvalue weighted by atomic mass is 10.1. The Labute approximate surface area is 177 Å². The number of rotatable bonds is 9. The molecule has 30 heavy (non-hydrogen) atoms. The molecule has 0 radical (unpaired) electrons. The molecule has 0 atom stereocenters. The van der Waals surface area contributed by atoms with Gasteiger partial charge in [-0.05, 0) is 42.0 Å². The SMILES string of the molecule is O=C(CSc1ccccc1C(=O)NCc1ccccc1)c1ccc(OC(F)F)cc1. The van der Waals surface area contributed by atoms with Crippen molar-refractivity contribution in [3.63, 3.8) is 0 Å². The molecule has 0 heterocycles. The largest absolute Gasteiger partial charge is 0.435 e. The van der Waals surface area contributed by atoms with E-state index in [4.69, 9.17) is 0 Å². The van der Waals surface area contributed by atoms with Crippen LogP contribution in [0.4, 0.5) is 8.78 Å². The highest BCUT2D eigenvalue weighted by atomic mass is 32.2. The number of alkyl halides is 2. The van der Waals surface area contributed by atoms with E-state index in [0.717, 1.165) is 5.56 Å². The summed E-state index contributed by atoms with van der Waals surface area (Å²) in [5, 5.41) is 2.88. The molecule has 0 aliphatic carbocycles. The van der Waals surface area contributed by atoms with Crippen molar-refractivity contribution >= 4 is 23.5 Å². The minimum absolute atomic E-state index is 0.00497. The first-order valence-corrected chi connectivity index (χ1v) is 10.1. The summed E-state index contributed by atoms with van der Waals surface area (Å²) in [6.45, 7) is -2.50. The van der Waals surface area contributed by atoms with E-state index in [-0.39, 0.29) is 23.2 Å². The van der Waals surface area contributed by atoms with Gasteiger partial charge in [0.15, 0.2) is 5.78 Å². The highest BCUT2D eigenvalue weighted by molar-refractivity contribution is 8.00. The molecule has 0 saturated heterocycles. The van der Waals surface area contributed by atoms with Gasteiger partial charge in [0.25, 0.3) is 5.91 Å². The first kappa shape index (κ1) is 21.5. The molecule has 3 aromatic carbocycles. The number of ether oxygens (including phenoxy) is 1. The van der Waals surface area contributed by atoms with Crippen LogP contribution in [0.1, 0.15) is 26.3 Å². The van der Waals surface area contributed by atoms with Crippen LogP contribution in [0.25, 0.3) is 0 Å². The lowest BCUT2D eigenvalue weighted by Crippen LogP contribution is -2.23. The summed E-state index contributed by atoms with van der Waals surface area (Å²) in [6.07, 6.45) is 0. The van der Waals surface area contributed by atoms with Crippen LogP contribution < -0.4 is 10.1 Å². The minimum atomic E-state index is -2.91. The predicted molar refractivity (Wildman–Crippen MR) is 112 cm³/mol. The number of halogens is 2. The fourth-order valence-electron chi connectivity index (χ4n) is 2.70. The summed E-state index contributed by atoms with van der Waals surface area (Å²) in [7, 11) is 0. The first-order valence-electron chi connectivity index (χ1n) is 9.15. The second kappa shape index (κ2) is 10.5. The number of carbonyl (C=O) groups is 2. The summed E-state index contributed by atoms with van der Waals surface area (Å²) in [5.74, 6) is -0.293. The molecule has 1 N–H and O–H groups in total. The molecule has 0 spiro atoms. The molecule has 0 bridgehead atoms. The van der Waals surface area contributed by atoms with Crippen molar-refractivity contribution in [2.75, 3.05) is 5.75 Å². The molecular formula is C23H19F2NO3S. The third-order valence-electron chi connectivity index (χ3n) is 4.19. The van der Waals surface area contributed by atoms with Crippen molar-refractivity contribution in [1.82, 2.24) is 5.32 Å². The molecular weight excluding hydrogens is 408 g/mol. The zero-order chi connectivity index (χ0) is 21.3. The average Bonchev–Trinajstić information content (AvgIpc) is 2.77. The predicted octanol–water partition coefficient (Wildman–Crippen LogP) is 5.19. The molecule has 1 amide bonds. The average molecular weight is 427 g/mol. The molecule has 0 fully saturated rings. The van der Waals surface area contributed by atoms with Gasteiger partial charge in [0, 0.05) is 17.0 Å². The van der Waals surface area contributed by atoms with Crippen LogP contribution in [-0.2, 0) is 6.54 Å². The number of thioether (sulfide) groups is 1. The van der Waals surface area contributed by atoms with E-state index >= 15 is 0 Å².